The predicted octanol–water partition coefficient (Wildman–Crippen LogP) is 0.870. The van der Waals surface area contributed by atoms with Crippen molar-refractivity contribution in [3.8, 4) is 0 Å². The fourth-order valence-electron chi connectivity index (χ4n) is 2.64. The van der Waals surface area contributed by atoms with Gasteiger partial charge in [0.15, 0.2) is 0 Å². The van der Waals surface area contributed by atoms with Gasteiger partial charge in [0.25, 0.3) is 6.17 Å². The van der Waals surface area contributed by atoms with Crippen LogP contribution in [-0.2, 0) is 4.79 Å². The molecule has 0 aromatic rings. The third-order valence-electron chi connectivity index (χ3n) is 3.87. The molecule has 0 bridgehead atoms. The van der Waals surface area contributed by atoms with Crippen LogP contribution in [0.25, 0.3) is 4.85 Å². The summed E-state index contributed by atoms with van der Waals surface area (Å²) in [6.45, 7) is 12.5. The summed E-state index contributed by atoms with van der Waals surface area (Å²) >= 11 is 1.78. The van der Waals surface area contributed by atoms with Gasteiger partial charge < -0.3 is 10.6 Å². The standard InChI is InChI=1S/C13H22N4OS/c1-9(2)11(14)12(18)17-6-4-5-13(8-17)16-10(15-3)7-19-13/h9-11,16H,4-8,14H2,1-2H3/t10-,11-,13?/m0/s1. The molecular formula is C13H22N4OS. The Hall–Kier alpha value is -0.770. The van der Waals surface area contributed by atoms with Crippen LogP contribution in [0.2, 0.25) is 0 Å². The van der Waals surface area contributed by atoms with Gasteiger partial charge in [-0.25, -0.2) is 11.9 Å². The highest BCUT2D eigenvalue weighted by atomic mass is 32.2. The second-order valence-electron chi connectivity index (χ2n) is 5.73. The maximum absolute atomic E-state index is 12.3. The first kappa shape index (κ1) is 14.6. The van der Waals surface area contributed by atoms with E-state index in [1.165, 1.54) is 0 Å². The summed E-state index contributed by atoms with van der Waals surface area (Å²) in [5, 5.41) is 3.38. The lowest BCUT2D eigenvalue weighted by Crippen LogP contribution is -2.58. The van der Waals surface area contributed by atoms with Gasteiger partial charge in [0.05, 0.1) is 16.7 Å². The lowest BCUT2D eigenvalue weighted by molar-refractivity contribution is -0.135. The molecule has 106 valence electrons. The van der Waals surface area contributed by atoms with E-state index in [-0.39, 0.29) is 22.9 Å². The average molecular weight is 282 g/mol. The molecule has 1 unspecified atom stereocenters. The van der Waals surface area contributed by atoms with Gasteiger partial charge >= 0.3 is 0 Å². The van der Waals surface area contributed by atoms with Crippen molar-refractivity contribution in [3.05, 3.63) is 11.4 Å². The van der Waals surface area contributed by atoms with Crippen molar-refractivity contribution in [2.45, 2.75) is 43.8 Å². The van der Waals surface area contributed by atoms with Crippen molar-refractivity contribution >= 4 is 17.7 Å². The molecule has 5 nitrogen and oxygen atoms in total. The van der Waals surface area contributed by atoms with Gasteiger partial charge in [0, 0.05) is 13.1 Å². The molecule has 2 aliphatic heterocycles. The molecule has 0 aromatic carbocycles. The highest BCUT2D eigenvalue weighted by molar-refractivity contribution is 8.01. The summed E-state index contributed by atoms with van der Waals surface area (Å²) in [6.07, 6.45) is 1.88. The van der Waals surface area contributed by atoms with Crippen molar-refractivity contribution in [2.75, 3.05) is 18.8 Å². The fourth-order valence-corrected chi connectivity index (χ4v) is 4.03. The van der Waals surface area contributed by atoms with Crippen molar-refractivity contribution in [1.29, 1.82) is 0 Å². The number of hydrogen-bond acceptors (Lipinski definition) is 4. The number of thioether (sulfide) groups is 1. The number of carbonyl (C=O) groups is 1. The van der Waals surface area contributed by atoms with E-state index in [4.69, 9.17) is 12.3 Å². The van der Waals surface area contributed by atoms with Crippen molar-refractivity contribution in [3.63, 3.8) is 0 Å². The van der Waals surface area contributed by atoms with Gasteiger partial charge in [-0.1, -0.05) is 13.8 Å². The molecule has 1 spiro atoms. The zero-order chi connectivity index (χ0) is 14.0. The van der Waals surface area contributed by atoms with E-state index in [1.54, 1.807) is 11.8 Å². The van der Waals surface area contributed by atoms with E-state index in [2.05, 4.69) is 10.2 Å². The van der Waals surface area contributed by atoms with E-state index in [0.29, 0.717) is 6.54 Å². The number of carbonyl (C=O) groups excluding carboxylic acids is 1. The molecular weight excluding hydrogens is 260 g/mol. The molecule has 0 radical (unpaired) electrons. The molecule has 1 amide bonds. The molecule has 2 saturated heterocycles. The second-order valence-corrected chi connectivity index (χ2v) is 7.13. The van der Waals surface area contributed by atoms with Gasteiger partial charge in [0.1, 0.15) is 0 Å². The van der Waals surface area contributed by atoms with Crippen molar-refractivity contribution in [2.24, 2.45) is 11.7 Å². The number of amides is 1. The Bertz CT molecular complexity index is 395. The Morgan fingerprint density at radius 1 is 1.63 bits per heavy atom. The first-order valence-corrected chi connectivity index (χ1v) is 7.78. The number of hydrogen-bond donors (Lipinski definition) is 2. The Morgan fingerprint density at radius 2 is 2.37 bits per heavy atom. The highest BCUT2D eigenvalue weighted by Crippen LogP contribution is 2.38. The summed E-state index contributed by atoms with van der Waals surface area (Å²) < 4.78 is 0. The Morgan fingerprint density at radius 3 is 2.95 bits per heavy atom. The molecule has 3 N–H and O–H groups in total. The lowest BCUT2D eigenvalue weighted by Gasteiger charge is -2.40. The molecule has 3 atom stereocenters. The molecule has 0 saturated carbocycles. The van der Waals surface area contributed by atoms with Crippen LogP contribution >= 0.6 is 11.8 Å². The van der Waals surface area contributed by atoms with Crippen LogP contribution in [0.15, 0.2) is 0 Å². The zero-order valence-electron chi connectivity index (χ0n) is 11.6. The van der Waals surface area contributed by atoms with Crippen LogP contribution in [0.4, 0.5) is 0 Å². The second kappa shape index (κ2) is 5.70. The van der Waals surface area contributed by atoms with E-state index >= 15 is 0 Å². The normalized spacial score (nSPS) is 32.6. The largest absolute Gasteiger partial charge is 0.339 e. The number of nitrogens with one attached hydrogen (secondary N) is 1. The minimum absolute atomic E-state index is 0.0442. The average Bonchev–Trinajstić information content (AvgIpc) is 2.79. The summed E-state index contributed by atoms with van der Waals surface area (Å²) in [6, 6.07) is -0.418. The van der Waals surface area contributed by atoms with Gasteiger partial charge in [-0.2, -0.15) is 0 Å². The Labute approximate surface area is 119 Å². The SMILES string of the molecule is [C-]#[N+][C@@H]1CSC2(CCCN(C(=O)[C@@H](N)C(C)C)C2)N1. The van der Waals surface area contributed by atoms with Crippen LogP contribution < -0.4 is 11.1 Å². The van der Waals surface area contributed by atoms with Crippen LogP contribution in [0.1, 0.15) is 26.7 Å². The number of rotatable bonds is 2. The van der Waals surface area contributed by atoms with E-state index in [9.17, 15) is 4.79 Å². The molecule has 2 heterocycles. The maximum atomic E-state index is 12.3. The number of likely N-dealkylation sites (tertiary alicyclic amines) is 1. The zero-order valence-corrected chi connectivity index (χ0v) is 12.4. The van der Waals surface area contributed by atoms with Gasteiger partial charge in [0.2, 0.25) is 5.91 Å². The smallest absolute Gasteiger partial charge is 0.287 e. The number of nitrogens with two attached hydrogens (primary N) is 1. The van der Waals surface area contributed by atoms with Gasteiger partial charge in [-0.05, 0) is 18.8 Å². The number of nitrogens with zero attached hydrogens (tertiary/aromatic N) is 2. The highest BCUT2D eigenvalue weighted by Gasteiger charge is 2.46. The Kier molecular flexibility index (Phi) is 4.39. The topological polar surface area (TPSA) is 62.7 Å². The Balaban J connectivity index is 2.02. The first-order valence-electron chi connectivity index (χ1n) is 6.80. The summed E-state index contributed by atoms with van der Waals surface area (Å²) in [7, 11) is 0. The fraction of sp³-hybridized carbons (Fsp3) is 0.846. The quantitative estimate of drug-likeness (QED) is 0.738. The maximum Gasteiger partial charge on any atom is 0.287 e. The number of piperidine rings is 1. The molecule has 2 rings (SSSR count). The third kappa shape index (κ3) is 3.04. The van der Waals surface area contributed by atoms with E-state index in [1.807, 2.05) is 18.7 Å². The monoisotopic (exact) mass is 282 g/mol. The van der Waals surface area contributed by atoms with Crippen molar-refractivity contribution < 1.29 is 4.79 Å². The first-order chi connectivity index (χ1) is 8.97. The minimum atomic E-state index is -0.418. The third-order valence-corrected chi connectivity index (χ3v) is 5.36. The van der Waals surface area contributed by atoms with Crippen LogP contribution in [0.3, 0.4) is 0 Å². The summed E-state index contributed by atoms with van der Waals surface area (Å²) in [4.78, 5) is 17.6. The summed E-state index contributed by atoms with van der Waals surface area (Å²) in [5.74, 6) is 1.01. The van der Waals surface area contributed by atoms with E-state index < -0.39 is 6.04 Å². The molecule has 2 fully saturated rings. The van der Waals surface area contributed by atoms with Crippen LogP contribution in [0, 0.1) is 12.5 Å². The van der Waals surface area contributed by atoms with Crippen LogP contribution in [0.5, 0.6) is 0 Å². The lowest BCUT2D eigenvalue weighted by atomic mass is 10.00. The predicted molar refractivity (Wildman–Crippen MR) is 77.3 cm³/mol. The molecule has 0 aromatic heterocycles. The van der Waals surface area contributed by atoms with E-state index in [0.717, 1.165) is 25.1 Å². The van der Waals surface area contributed by atoms with Gasteiger partial charge in [-0.3, -0.25) is 9.64 Å². The van der Waals surface area contributed by atoms with Crippen LogP contribution in [-0.4, -0.2) is 46.7 Å². The molecule has 0 aliphatic carbocycles. The molecule has 2 aliphatic rings. The van der Waals surface area contributed by atoms with Crippen molar-refractivity contribution in [1.82, 2.24) is 10.2 Å². The molecule has 19 heavy (non-hydrogen) atoms. The minimum Gasteiger partial charge on any atom is -0.339 e. The van der Waals surface area contributed by atoms with Gasteiger partial charge in [-0.15, -0.1) is 11.8 Å². The summed E-state index contributed by atoms with van der Waals surface area (Å²) in [5.41, 5.74) is 5.96. The molecule has 6 heteroatoms.